The maximum Gasteiger partial charge on any atom is 0.202 e. The van der Waals surface area contributed by atoms with Crippen molar-refractivity contribution in [2.75, 3.05) is 19.3 Å². The molecule has 0 aliphatic heterocycles. The first-order valence-electron chi connectivity index (χ1n) is 7.06. The highest BCUT2D eigenvalue weighted by atomic mass is 32.2. The molecule has 0 aromatic heterocycles. The van der Waals surface area contributed by atoms with Crippen LogP contribution in [0.25, 0.3) is 0 Å². The fourth-order valence-electron chi connectivity index (χ4n) is 2.71. The van der Waals surface area contributed by atoms with Gasteiger partial charge in [0.25, 0.3) is 0 Å². The molecule has 0 radical (unpaired) electrons. The first-order chi connectivity index (χ1) is 8.26. The van der Waals surface area contributed by atoms with Gasteiger partial charge in [0.2, 0.25) is 5.12 Å². The van der Waals surface area contributed by atoms with E-state index in [1.165, 1.54) is 56.7 Å². The molecule has 1 N–H and O–H groups in total. The molecule has 0 aromatic carbocycles. The van der Waals surface area contributed by atoms with E-state index in [1.807, 2.05) is 7.05 Å². The monoisotopic (exact) mass is 257 g/mol. The van der Waals surface area contributed by atoms with Gasteiger partial charge >= 0.3 is 0 Å². The number of carbonyl (C=O) groups is 1. The van der Waals surface area contributed by atoms with Crippen molar-refractivity contribution in [2.24, 2.45) is 11.8 Å². The summed E-state index contributed by atoms with van der Waals surface area (Å²) < 4.78 is 0. The quantitative estimate of drug-likeness (QED) is 0.757. The summed E-state index contributed by atoms with van der Waals surface area (Å²) >= 11 is 1.53. The van der Waals surface area contributed by atoms with Crippen LogP contribution in [0.1, 0.15) is 51.9 Å². The standard InChI is InChI=1S/C14H27NOS/c1-3-4-6-12-7-5-8-13(9-12)11-17-14(16)10-15-2/h12-13,15H,3-11H2,1-2H3/t12-,13?/m1/s1. The average Bonchev–Trinajstić information content (AvgIpc) is 2.35. The smallest absolute Gasteiger partial charge is 0.202 e. The van der Waals surface area contributed by atoms with Gasteiger partial charge in [-0.15, -0.1) is 0 Å². The molecule has 0 bridgehead atoms. The van der Waals surface area contributed by atoms with Crippen LogP contribution in [-0.2, 0) is 4.79 Å². The third-order valence-corrected chi connectivity index (χ3v) is 4.76. The van der Waals surface area contributed by atoms with Crippen LogP contribution in [0.5, 0.6) is 0 Å². The van der Waals surface area contributed by atoms with Gasteiger partial charge < -0.3 is 5.32 Å². The van der Waals surface area contributed by atoms with Crippen LogP contribution in [0.2, 0.25) is 0 Å². The van der Waals surface area contributed by atoms with Crippen LogP contribution >= 0.6 is 11.8 Å². The molecule has 0 heterocycles. The van der Waals surface area contributed by atoms with Gasteiger partial charge in [-0.25, -0.2) is 0 Å². The largest absolute Gasteiger partial charge is 0.312 e. The lowest BCUT2D eigenvalue weighted by atomic mass is 9.80. The SMILES string of the molecule is CCCC[C@@H]1CCCC(CSC(=O)CNC)C1. The van der Waals surface area contributed by atoms with E-state index >= 15 is 0 Å². The third-order valence-electron chi connectivity index (χ3n) is 3.66. The van der Waals surface area contributed by atoms with Gasteiger partial charge in [0.1, 0.15) is 0 Å². The lowest BCUT2D eigenvalue weighted by Crippen LogP contribution is -2.20. The highest BCUT2D eigenvalue weighted by molar-refractivity contribution is 8.13. The van der Waals surface area contributed by atoms with E-state index in [-0.39, 0.29) is 0 Å². The van der Waals surface area contributed by atoms with Gasteiger partial charge in [0.15, 0.2) is 0 Å². The number of likely N-dealkylation sites (N-methyl/N-ethyl adjacent to an activating group) is 1. The van der Waals surface area contributed by atoms with E-state index in [9.17, 15) is 4.79 Å². The minimum Gasteiger partial charge on any atom is -0.312 e. The Balaban J connectivity index is 2.17. The molecule has 1 aliphatic carbocycles. The van der Waals surface area contributed by atoms with Gasteiger partial charge in [-0.2, -0.15) is 0 Å². The maximum absolute atomic E-state index is 11.4. The molecule has 0 aromatic rings. The Bertz CT molecular complexity index is 220. The summed E-state index contributed by atoms with van der Waals surface area (Å²) in [5.41, 5.74) is 0. The van der Waals surface area contributed by atoms with Gasteiger partial charge in [0, 0.05) is 5.75 Å². The first kappa shape index (κ1) is 15.0. The number of unbranched alkanes of at least 4 members (excludes halogenated alkanes) is 1. The number of hydrogen-bond donors (Lipinski definition) is 1. The molecule has 1 unspecified atom stereocenters. The molecule has 100 valence electrons. The summed E-state index contributed by atoms with van der Waals surface area (Å²) in [6, 6.07) is 0. The predicted molar refractivity (Wildman–Crippen MR) is 76.4 cm³/mol. The Hall–Kier alpha value is -0.0200. The molecule has 1 aliphatic rings. The van der Waals surface area contributed by atoms with Crippen LogP contribution in [0.3, 0.4) is 0 Å². The Morgan fingerprint density at radius 3 is 2.82 bits per heavy atom. The number of nitrogens with one attached hydrogen (secondary N) is 1. The molecule has 0 spiro atoms. The van der Waals surface area contributed by atoms with E-state index in [0.717, 1.165) is 17.6 Å². The van der Waals surface area contributed by atoms with Crippen LogP contribution in [0, 0.1) is 11.8 Å². The van der Waals surface area contributed by atoms with E-state index in [2.05, 4.69) is 12.2 Å². The molecule has 3 heteroatoms. The van der Waals surface area contributed by atoms with Crippen LogP contribution < -0.4 is 5.32 Å². The highest BCUT2D eigenvalue weighted by Crippen LogP contribution is 2.33. The molecule has 17 heavy (non-hydrogen) atoms. The van der Waals surface area contributed by atoms with Gasteiger partial charge in [0.05, 0.1) is 6.54 Å². The average molecular weight is 257 g/mol. The molecule has 2 nitrogen and oxygen atoms in total. The fraction of sp³-hybridized carbons (Fsp3) is 0.929. The minimum atomic E-state index is 0.295. The Labute approximate surface area is 110 Å². The van der Waals surface area contributed by atoms with Gasteiger partial charge in [-0.05, 0) is 31.7 Å². The first-order valence-corrected chi connectivity index (χ1v) is 8.05. The summed E-state index contributed by atoms with van der Waals surface area (Å²) in [5, 5.41) is 3.22. The molecule has 2 atom stereocenters. The van der Waals surface area contributed by atoms with E-state index in [0.29, 0.717) is 11.7 Å². The maximum atomic E-state index is 11.4. The number of rotatable bonds is 7. The van der Waals surface area contributed by atoms with Crippen LogP contribution in [0.15, 0.2) is 0 Å². The zero-order chi connectivity index (χ0) is 12.5. The Morgan fingerprint density at radius 2 is 2.12 bits per heavy atom. The summed E-state index contributed by atoms with van der Waals surface area (Å²) in [5.74, 6) is 2.77. The van der Waals surface area contributed by atoms with E-state index < -0.39 is 0 Å². The van der Waals surface area contributed by atoms with Crippen LogP contribution in [-0.4, -0.2) is 24.5 Å². The topological polar surface area (TPSA) is 29.1 Å². The third kappa shape index (κ3) is 6.46. The molecule has 1 saturated carbocycles. The zero-order valence-corrected chi connectivity index (χ0v) is 12.2. The summed E-state index contributed by atoms with van der Waals surface area (Å²) in [4.78, 5) is 11.4. The Morgan fingerprint density at radius 1 is 1.35 bits per heavy atom. The molecular weight excluding hydrogens is 230 g/mol. The second-order valence-electron chi connectivity index (χ2n) is 5.25. The van der Waals surface area contributed by atoms with Gasteiger partial charge in [-0.3, -0.25) is 4.79 Å². The predicted octanol–water partition coefficient (Wildman–Crippen LogP) is 3.46. The van der Waals surface area contributed by atoms with Crippen molar-refractivity contribution in [3.05, 3.63) is 0 Å². The van der Waals surface area contributed by atoms with Crippen LogP contribution in [0.4, 0.5) is 0 Å². The lowest BCUT2D eigenvalue weighted by molar-refractivity contribution is -0.110. The molecule has 1 rings (SSSR count). The number of carbonyl (C=O) groups excluding carboxylic acids is 1. The minimum absolute atomic E-state index is 0.295. The zero-order valence-electron chi connectivity index (χ0n) is 11.3. The fourth-order valence-corrected chi connectivity index (χ4v) is 3.69. The molecular formula is C14H27NOS. The second-order valence-corrected chi connectivity index (χ2v) is 6.33. The van der Waals surface area contributed by atoms with Crippen molar-refractivity contribution >= 4 is 16.9 Å². The second kappa shape index (κ2) is 8.98. The number of thioether (sulfide) groups is 1. The summed E-state index contributed by atoms with van der Waals surface area (Å²) in [6.45, 7) is 2.78. The van der Waals surface area contributed by atoms with E-state index in [1.54, 1.807) is 0 Å². The van der Waals surface area contributed by atoms with Crippen molar-refractivity contribution in [2.45, 2.75) is 51.9 Å². The highest BCUT2D eigenvalue weighted by Gasteiger charge is 2.22. The lowest BCUT2D eigenvalue weighted by Gasteiger charge is -2.28. The molecule has 0 saturated heterocycles. The van der Waals surface area contributed by atoms with Gasteiger partial charge in [-0.1, -0.05) is 50.8 Å². The van der Waals surface area contributed by atoms with Crippen molar-refractivity contribution in [1.82, 2.24) is 5.32 Å². The van der Waals surface area contributed by atoms with Crippen molar-refractivity contribution in [3.8, 4) is 0 Å². The summed E-state index contributed by atoms with van der Waals surface area (Å²) in [7, 11) is 1.83. The van der Waals surface area contributed by atoms with E-state index in [4.69, 9.17) is 0 Å². The van der Waals surface area contributed by atoms with Crippen molar-refractivity contribution in [1.29, 1.82) is 0 Å². The van der Waals surface area contributed by atoms with Crippen molar-refractivity contribution < 1.29 is 4.79 Å². The van der Waals surface area contributed by atoms with Crippen molar-refractivity contribution in [3.63, 3.8) is 0 Å². The number of hydrogen-bond acceptors (Lipinski definition) is 3. The molecule has 1 fully saturated rings. The Kier molecular flexibility index (Phi) is 7.95. The molecule has 0 amide bonds. The normalized spacial score (nSPS) is 24.8. The summed E-state index contributed by atoms with van der Waals surface area (Å²) in [6.07, 6.45) is 9.59.